The number of halogens is 1. The van der Waals surface area contributed by atoms with Crippen molar-refractivity contribution in [3.05, 3.63) is 59.9 Å². The maximum Gasteiger partial charge on any atom is 0.254 e. The summed E-state index contributed by atoms with van der Waals surface area (Å²) < 4.78 is 13.4. The van der Waals surface area contributed by atoms with Gasteiger partial charge < -0.3 is 20.0 Å². The van der Waals surface area contributed by atoms with Gasteiger partial charge in [0.05, 0.1) is 0 Å². The Hall–Kier alpha value is -3.42. The molecule has 0 radical (unpaired) electrons. The van der Waals surface area contributed by atoms with E-state index in [0.717, 1.165) is 24.9 Å². The van der Waals surface area contributed by atoms with Crippen molar-refractivity contribution in [2.75, 3.05) is 42.9 Å². The van der Waals surface area contributed by atoms with E-state index in [1.165, 1.54) is 12.1 Å². The third kappa shape index (κ3) is 5.99. The van der Waals surface area contributed by atoms with Crippen LogP contribution in [0, 0.1) is 11.7 Å². The summed E-state index contributed by atoms with van der Waals surface area (Å²) in [4.78, 5) is 43.5. The molecule has 0 bridgehead atoms. The molecule has 2 aromatic rings. The Labute approximate surface area is 205 Å². The van der Waals surface area contributed by atoms with Crippen LogP contribution >= 0.6 is 0 Å². The number of carbonyl (C=O) groups is 3. The molecule has 7 nitrogen and oxygen atoms in total. The van der Waals surface area contributed by atoms with Crippen LogP contribution < -0.4 is 10.2 Å². The number of nitrogens with one attached hydrogen (secondary N) is 1. The highest BCUT2D eigenvalue weighted by molar-refractivity contribution is 5.95. The van der Waals surface area contributed by atoms with Crippen LogP contribution in [0.4, 0.5) is 15.8 Å². The van der Waals surface area contributed by atoms with Gasteiger partial charge in [0.15, 0.2) is 0 Å². The standard InChI is InChI=1S/C27H33FN4O3/c1-19(2)32(27(35)20-5-3-6-20)18-25(33)29-23-9-11-24(12-10-23)30-13-15-31(16-14-30)26(34)21-7-4-8-22(28)17-21/h4,7-12,17,19-20H,3,5-6,13-16,18H2,1-2H3,(H,29,33). The summed E-state index contributed by atoms with van der Waals surface area (Å²) in [5.41, 5.74) is 2.05. The molecule has 0 atom stereocenters. The normalized spacial score (nSPS) is 16.1. The van der Waals surface area contributed by atoms with Crippen molar-refractivity contribution in [1.82, 2.24) is 9.80 Å². The first-order valence-corrected chi connectivity index (χ1v) is 12.3. The second kappa shape index (κ2) is 10.9. The van der Waals surface area contributed by atoms with Gasteiger partial charge >= 0.3 is 0 Å². The van der Waals surface area contributed by atoms with Crippen molar-refractivity contribution in [1.29, 1.82) is 0 Å². The van der Waals surface area contributed by atoms with Gasteiger partial charge in [0.2, 0.25) is 11.8 Å². The number of amides is 3. The van der Waals surface area contributed by atoms with Crippen LogP contribution in [0.15, 0.2) is 48.5 Å². The minimum absolute atomic E-state index is 0.0253. The Morgan fingerprint density at radius 1 is 1.03 bits per heavy atom. The molecule has 1 saturated heterocycles. The predicted molar refractivity (Wildman–Crippen MR) is 134 cm³/mol. The lowest BCUT2D eigenvalue weighted by atomic mass is 9.84. The van der Waals surface area contributed by atoms with E-state index < -0.39 is 5.82 Å². The van der Waals surface area contributed by atoms with Gasteiger partial charge in [-0.3, -0.25) is 14.4 Å². The molecule has 0 spiro atoms. The number of hydrogen-bond acceptors (Lipinski definition) is 4. The van der Waals surface area contributed by atoms with Gasteiger partial charge in [0, 0.05) is 55.1 Å². The Bertz CT molecular complexity index is 1060. The fraction of sp³-hybridized carbons (Fsp3) is 0.444. The number of rotatable bonds is 7. The molecule has 2 fully saturated rings. The first-order valence-electron chi connectivity index (χ1n) is 12.3. The van der Waals surface area contributed by atoms with Crippen molar-refractivity contribution in [3.8, 4) is 0 Å². The molecule has 3 amide bonds. The molecule has 2 aromatic carbocycles. The van der Waals surface area contributed by atoms with Crippen LogP contribution in [0.2, 0.25) is 0 Å². The zero-order valence-corrected chi connectivity index (χ0v) is 20.4. The summed E-state index contributed by atoms with van der Waals surface area (Å²) >= 11 is 0. The molecule has 35 heavy (non-hydrogen) atoms. The van der Waals surface area contributed by atoms with Crippen molar-refractivity contribution >= 4 is 29.1 Å². The minimum atomic E-state index is -0.413. The minimum Gasteiger partial charge on any atom is -0.368 e. The molecule has 1 saturated carbocycles. The third-order valence-corrected chi connectivity index (χ3v) is 6.83. The van der Waals surface area contributed by atoms with E-state index in [1.807, 2.05) is 38.1 Å². The van der Waals surface area contributed by atoms with Crippen LogP contribution in [0.5, 0.6) is 0 Å². The van der Waals surface area contributed by atoms with Crippen LogP contribution in [0.3, 0.4) is 0 Å². The summed E-state index contributed by atoms with van der Waals surface area (Å²) in [5.74, 6) is -0.638. The largest absolute Gasteiger partial charge is 0.368 e. The third-order valence-electron chi connectivity index (χ3n) is 6.83. The molecule has 0 unspecified atom stereocenters. The molecular formula is C27H33FN4O3. The zero-order chi connectivity index (χ0) is 24.9. The number of anilines is 2. The Morgan fingerprint density at radius 2 is 1.71 bits per heavy atom. The van der Waals surface area contributed by atoms with Crippen molar-refractivity contribution in [3.63, 3.8) is 0 Å². The lowest BCUT2D eigenvalue weighted by molar-refractivity contribution is -0.142. The molecule has 0 aromatic heterocycles. The molecule has 1 N–H and O–H groups in total. The van der Waals surface area contributed by atoms with E-state index in [0.29, 0.717) is 37.4 Å². The average Bonchev–Trinajstić information content (AvgIpc) is 2.81. The first kappa shape index (κ1) is 24.7. The van der Waals surface area contributed by atoms with Gasteiger partial charge in [-0.25, -0.2) is 4.39 Å². The van der Waals surface area contributed by atoms with E-state index in [4.69, 9.17) is 0 Å². The van der Waals surface area contributed by atoms with Crippen LogP contribution in [0.25, 0.3) is 0 Å². The maximum absolute atomic E-state index is 13.4. The smallest absolute Gasteiger partial charge is 0.254 e. The summed E-state index contributed by atoms with van der Waals surface area (Å²) in [6, 6.07) is 13.3. The number of piperazine rings is 1. The highest BCUT2D eigenvalue weighted by atomic mass is 19.1. The molecule has 2 aliphatic rings. The van der Waals surface area contributed by atoms with E-state index >= 15 is 0 Å². The van der Waals surface area contributed by atoms with Crippen LogP contribution in [0.1, 0.15) is 43.5 Å². The topological polar surface area (TPSA) is 73.0 Å². The zero-order valence-electron chi connectivity index (χ0n) is 20.4. The molecule has 186 valence electrons. The van der Waals surface area contributed by atoms with E-state index in [1.54, 1.807) is 21.9 Å². The van der Waals surface area contributed by atoms with Crippen LogP contribution in [-0.4, -0.2) is 66.3 Å². The molecule has 8 heteroatoms. The lowest BCUT2D eigenvalue weighted by Gasteiger charge is -2.36. The quantitative estimate of drug-likeness (QED) is 0.655. The number of hydrogen-bond donors (Lipinski definition) is 1. The second-order valence-corrected chi connectivity index (χ2v) is 9.57. The maximum atomic E-state index is 13.4. The Balaban J connectivity index is 1.28. The summed E-state index contributed by atoms with van der Waals surface area (Å²) in [6.45, 7) is 6.35. The predicted octanol–water partition coefficient (Wildman–Crippen LogP) is 3.76. The number of carbonyl (C=O) groups excluding carboxylic acids is 3. The Morgan fingerprint density at radius 3 is 2.29 bits per heavy atom. The lowest BCUT2D eigenvalue weighted by Crippen LogP contribution is -2.48. The van der Waals surface area contributed by atoms with Gasteiger partial charge in [0.25, 0.3) is 5.91 Å². The van der Waals surface area contributed by atoms with Gasteiger partial charge in [0.1, 0.15) is 12.4 Å². The monoisotopic (exact) mass is 480 g/mol. The molecule has 1 aliphatic carbocycles. The average molecular weight is 481 g/mol. The highest BCUT2D eigenvalue weighted by Gasteiger charge is 2.31. The molecular weight excluding hydrogens is 447 g/mol. The fourth-order valence-corrected chi connectivity index (χ4v) is 4.49. The van der Waals surface area contributed by atoms with Crippen LogP contribution in [-0.2, 0) is 9.59 Å². The summed E-state index contributed by atoms with van der Waals surface area (Å²) in [7, 11) is 0. The molecule has 4 rings (SSSR count). The SMILES string of the molecule is CC(C)N(CC(=O)Nc1ccc(N2CCN(C(=O)c3cccc(F)c3)CC2)cc1)C(=O)C1CCC1. The van der Waals surface area contributed by atoms with Gasteiger partial charge in [-0.1, -0.05) is 12.5 Å². The van der Waals surface area contributed by atoms with Gasteiger partial charge in [-0.15, -0.1) is 0 Å². The van der Waals surface area contributed by atoms with Gasteiger partial charge in [-0.05, 0) is 69.2 Å². The highest BCUT2D eigenvalue weighted by Crippen LogP contribution is 2.29. The number of benzene rings is 2. The summed E-state index contributed by atoms with van der Waals surface area (Å²) in [6.07, 6.45) is 2.91. The molecule has 1 aliphatic heterocycles. The van der Waals surface area contributed by atoms with E-state index in [9.17, 15) is 18.8 Å². The molecule has 1 heterocycles. The van der Waals surface area contributed by atoms with E-state index in [2.05, 4.69) is 10.2 Å². The first-order chi connectivity index (χ1) is 16.8. The van der Waals surface area contributed by atoms with Crippen molar-refractivity contribution < 1.29 is 18.8 Å². The fourth-order valence-electron chi connectivity index (χ4n) is 4.49. The second-order valence-electron chi connectivity index (χ2n) is 9.57. The van der Waals surface area contributed by atoms with Gasteiger partial charge in [-0.2, -0.15) is 0 Å². The van der Waals surface area contributed by atoms with Crippen molar-refractivity contribution in [2.24, 2.45) is 5.92 Å². The number of nitrogens with zero attached hydrogens (tertiary/aromatic N) is 3. The summed E-state index contributed by atoms with van der Waals surface area (Å²) in [5, 5.41) is 2.90. The Kier molecular flexibility index (Phi) is 7.68. The van der Waals surface area contributed by atoms with Crippen molar-refractivity contribution in [2.45, 2.75) is 39.2 Å². The van der Waals surface area contributed by atoms with E-state index in [-0.39, 0.29) is 36.2 Å².